The minimum Gasteiger partial charge on any atom is -0.394 e. The molecule has 2 rings (SSSR count). The van der Waals surface area contributed by atoms with Crippen LogP contribution in [0.4, 0.5) is 0 Å². The van der Waals surface area contributed by atoms with E-state index >= 15 is 0 Å². The average molecular weight is 1190 g/mol. The van der Waals surface area contributed by atoms with Gasteiger partial charge in [0, 0.05) is 6.42 Å². The molecule has 0 radical (unpaired) electrons. The first-order chi connectivity index (χ1) is 41.1. The summed E-state index contributed by atoms with van der Waals surface area (Å²) < 4.78 is 22.8. The number of allylic oxidation sites excluding steroid dienone is 13. The quantitative estimate of drug-likeness (QED) is 0.0204. The van der Waals surface area contributed by atoms with E-state index < -0.39 is 86.8 Å². The van der Waals surface area contributed by atoms with Crippen LogP contribution in [0.25, 0.3) is 0 Å². The number of hydrogen-bond donors (Lipinski definition) is 9. The molecule has 12 unspecified atom stereocenters. The number of rotatable bonds is 54. The predicted octanol–water partition coefficient (Wildman–Crippen LogP) is 13.2. The van der Waals surface area contributed by atoms with E-state index in [1.807, 2.05) is 6.08 Å². The summed E-state index contributed by atoms with van der Waals surface area (Å²) in [6.45, 7) is 2.67. The van der Waals surface area contributed by atoms with Crippen LogP contribution in [0.15, 0.2) is 85.1 Å². The Morgan fingerprint density at radius 1 is 0.440 bits per heavy atom. The number of aliphatic hydroxyl groups excluding tert-OH is 8. The van der Waals surface area contributed by atoms with Crippen molar-refractivity contribution in [3.8, 4) is 0 Å². The maximum atomic E-state index is 13.3. The lowest BCUT2D eigenvalue weighted by Gasteiger charge is -2.46. The molecule has 14 heteroatoms. The first-order valence-corrected chi connectivity index (χ1v) is 33.8. The number of aliphatic hydroxyl groups is 8. The molecule has 84 heavy (non-hydrogen) atoms. The summed E-state index contributed by atoms with van der Waals surface area (Å²) in [7, 11) is 0. The molecule has 1 amide bonds. The van der Waals surface area contributed by atoms with Crippen LogP contribution >= 0.6 is 0 Å². The number of carbonyl (C=O) groups is 1. The van der Waals surface area contributed by atoms with Crippen LogP contribution in [0.5, 0.6) is 0 Å². The Balaban J connectivity index is 1.72. The fraction of sp³-hybridized carbons (Fsp3) is 0.786. The van der Waals surface area contributed by atoms with Crippen molar-refractivity contribution in [1.29, 1.82) is 0 Å². The number of nitrogens with one attached hydrogen (secondary N) is 1. The molecule has 2 saturated heterocycles. The van der Waals surface area contributed by atoms with E-state index in [0.29, 0.717) is 12.8 Å². The Kier molecular flexibility index (Phi) is 50.0. The van der Waals surface area contributed by atoms with Gasteiger partial charge in [0.2, 0.25) is 5.91 Å². The summed E-state index contributed by atoms with van der Waals surface area (Å²) in [4.78, 5) is 13.3. The highest BCUT2D eigenvalue weighted by Gasteiger charge is 2.51. The van der Waals surface area contributed by atoms with Crippen LogP contribution in [0.1, 0.15) is 258 Å². The first kappa shape index (κ1) is 77.3. The molecule has 0 aromatic carbocycles. The molecule has 2 fully saturated rings. The number of hydrogen-bond acceptors (Lipinski definition) is 13. The lowest BCUT2D eigenvalue weighted by molar-refractivity contribution is -0.359. The smallest absolute Gasteiger partial charge is 0.220 e. The third kappa shape index (κ3) is 38.4. The number of amides is 1. The second-order valence-corrected chi connectivity index (χ2v) is 23.6. The minimum atomic E-state index is -1.80. The topological polar surface area (TPSA) is 228 Å². The molecule has 2 aliphatic heterocycles. The normalized spacial score (nSPS) is 24.2. The van der Waals surface area contributed by atoms with Crippen LogP contribution in [-0.2, 0) is 23.7 Å². The highest BCUT2D eigenvalue weighted by molar-refractivity contribution is 5.76. The lowest BCUT2D eigenvalue weighted by Crippen LogP contribution is -2.65. The summed E-state index contributed by atoms with van der Waals surface area (Å²) in [6, 6.07) is -0.949. The number of carbonyl (C=O) groups excluding carboxylic acids is 1. The third-order valence-corrected chi connectivity index (χ3v) is 16.1. The highest BCUT2D eigenvalue weighted by Crippen LogP contribution is 2.30. The van der Waals surface area contributed by atoms with Crippen molar-refractivity contribution in [3.05, 3.63) is 85.1 Å². The van der Waals surface area contributed by atoms with Gasteiger partial charge >= 0.3 is 0 Å². The van der Waals surface area contributed by atoms with Crippen LogP contribution in [-0.4, -0.2) is 140 Å². The van der Waals surface area contributed by atoms with Gasteiger partial charge in [-0.15, -0.1) is 0 Å². The molecule has 0 aromatic heterocycles. The first-order valence-electron chi connectivity index (χ1n) is 33.8. The van der Waals surface area contributed by atoms with E-state index in [4.69, 9.17) is 18.9 Å². The summed E-state index contributed by atoms with van der Waals surface area (Å²) >= 11 is 0. The van der Waals surface area contributed by atoms with Crippen molar-refractivity contribution in [2.24, 2.45) is 0 Å². The summed E-state index contributed by atoms with van der Waals surface area (Å²) in [5.74, 6) is -0.269. The third-order valence-electron chi connectivity index (χ3n) is 16.1. The van der Waals surface area contributed by atoms with Crippen LogP contribution in [0, 0.1) is 0 Å². The fourth-order valence-corrected chi connectivity index (χ4v) is 10.7. The minimum absolute atomic E-state index is 0.247. The van der Waals surface area contributed by atoms with Gasteiger partial charge in [-0.1, -0.05) is 259 Å². The van der Waals surface area contributed by atoms with Crippen molar-refractivity contribution in [3.63, 3.8) is 0 Å². The van der Waals surface area contributed by atoms with Gasteiger partial charge in [0.1, 0.15) is 48.8 Å². The molecule has 2 heterocycles. The summed E-state index contributed by atoms with van der Waals surface area (Å²) in [6.07, 6.45) is 57.8. The molecule has 0 saturated carbocycles. The zero-order valence-corrected chi connectivity index (χ0v) is 52.6. The Labute approximate surface area is 510 Å². The fourth-order valence-electron chi connectivity index (χ4n) is 10.7. The second kappa shape index (κ2) is 54.3. The summed E-state index contributed by atoms with van der Waals surface area (Å²) in [5, 5.41) is 87.3. The highest BCUT2D eigenvalue weighted by atomic mass is 16.7. The van der Waals surface area contributed by atoms with Crippen LogP contribution in [0.2, 0.25) is 0 Å². The van der Waals surface area contributed by atoms with E-state index in [9.17, 15) is 45.6 Å². The van der Waals surface area contributed by atoms with Gasteiger partial charge in [0.15, 0.2) is 12.6 Å². The van der Waals surface area contributed by atoms with Crippen LogP contribution in [0.3, 0.4) is 0 Å². The molecule has 0 spiro atoms. The Morgan fingerprint density at radius 2 is 0.833 bits per heavy atom. The van der Waals surface area contributed by atoms with Crippen LogP contribution < -0.4 is 5.32 Å². The number of ether oxygens (including phenoxy) is 4. The molecule has 9 N–H and O–H groups in total. The average Bonchev–Trinajstić information content (AvgIpc) is 3.18. The van der Waals surface area contributed by atoms with Gasteiger partial charge in [-0.05, 0) is 77.0 Å². The molecule has 0 aromatic rings. The zero-order chi connectivity index (χ0) is 60.9. The monoisotopic (exact) mass is 1190 g/mol. The molecule has 12 atom stereocenters. The zero-order valence-electron chi connectivity index (χ0n) is 52.6. The largest absolute Gasteiger partial charge is 0.394 e. The summed E-state index contributed by atoms with van der Waals surface area (Å²) in [5.41, 5.74) is 0. The van der Waals surface area contributed by atoms with Crippen molar-refractivity contribution in [2.75, 3.05) is 19.8 Å². The predicted molar refractivity (Wildman–Crippen MR) is 341 cm³/mol. The van der Waals surface area contributed by atoms with Crippen molar-refractivity contribution in [1.82, 2.24) is 5.32 Å². The Morgan fingerprint density at radius 3 is 1.31 bits per heavy atom. The SMILES string of the molecule is CC/C=C\C/C=C\C/C=C\C/C=C\C/C=C\CCCCCCCC(=O)NC(COC1OC(CO)C(OC2OC(CO)C(O)C(O)C2O)C(O)C1O)C(O)/C=C/CC/C=C/CCCCCCCCCCCCCCCCCCCCCCCCC. The van der Waals surface area contributed by atoms with E-state index in [1.54, 1.807) is 6.08 Å². The molecule has 14 nitrogen and oxygen atoms in total. The maximum Gasteiger partial charge on any atom is 0.220 e. The lowest BCUT2D eigenvalue weighted by atomic mass is 9.97. The molecular formula is C70H123NO13. The Bertz CT molecular complexity index is 1730. The standard InChI is InChI=1S/C70H123NO13/c1-3-5-7-9-11-13-15-17-19-21-23-25-26-27-28-29-30-31-32-34-35-37-39-41-43-45-47-49-51-53-59(74)58(57-81-69-67(80)65(78)68(61(56-73)83-69)84-70-66(79)64(77)63(76)60(55-72)82-70)71-62(75)54-52-50-48-46-44-42-40-38-36-33-24-22-20-18-16-14-12-10-8-6-4-2/h6,8,12,14,18,20,24,33,38,40,43,45,51,53,58-61,63-70,72-74,76-80H,3-5,7,9-11,13,15-17,19,21-23,25-32,34-37,39,41-42,44,46-50,52,54-57H2,1-2H3,(H,71,75)/b8-6-,14-12-,20-18-,33-24-,40-38-,45-43+,53-51+. The van der Waals surface area contributed by atoms with Gasteiger partial charge in [-0.3, -0.25) is 4.79 Å². The van der Waals surface area contributed by atoms with E-state index in [1.165, 1.54) is 148 Å². The molecule has 0 aliphatic carbocycles. The molecule has 0 bridgehead atoms. The van der Waals surface area contributed by atoms with E-state index in [2.05, 4.69) is 92.1 Å². The van der Waals surface area contributed by atoms with Gasteiger partial charge in [-0.25, -0.2) is 0 Å². The van der Waals surface area contributed by atoms with E-state index in [0.717, 1.165) is 77.0 Å². The van der Waals surface area contributed by atoms with Gasteiger partial charge < -0.3 is 65.1 Å². The molecule has 486 valence electrons. The van der Waals surface area contributed by atoms with Gasteiger partial charge in [-0.2, -0.15) is 0 Å². The molecular weight excluding hydrogens is 1060 g/mol. The Hall–Kier alpha value is -2.83. The van der Waals surface area contributed by atoms with Crippen molar-refractivity contribution >= 4 is 5.91 Å². The second-order valence-electron chi connectivity index (χ2n) is 23.6. The van der Waals surface area contributed by atoms with Gasteiger partial charge in [0.05, 0.1) is 32.0 Å². The van der Waals surface area contributed by atoms with E-state index in [-0.39, 0.29) is 18.9 Å². The molecule has 2 aliphatic rings. The maximum absolute atomic E-state index is 13.3. The van der Waals surface area contributed by atoms with Crippen molar-refractivity contribution < 1.29 is 64.6 Å². The number of unbranched alkanes of at least 4 members (excludes halogenated alkanes) is 29. The van der Waals surface area contributed by atoms with Gasteiger partial charge in [0.25, 0.3) is 0 Å². The van der Waals surface area contributed by atoms with Crippen molar-refractivity contribution in [2.45, 2.75) is 331 Å².